The van der Waals surface area contributed by atoms with Crippen molar-refractivity contribution in [2.45, 2.75) is 44.9 Å². The summed E-state index contributed by atoms with van der Waals surface area (Å²) in [6, 6.07) is 2.11. The minimum absolute atomic E-state index is 0.0321. The largest absolute Gasteiger partial charge is 0.507 e. The molecule has 0 aromatic heterocycles. The fourth-order valence-corrected chi connectivity index (χ4v) is 6.92. The second kappa shape index (κ2) is 7.27. The molecule has 3 aliphatic carbocycles. The maximum atomic E-state index is 14.0. The van der Waals surface area contributed by atoms with Gasteiger partial charge in [0.05, 0.1) is 17.5 Å². The van der Waals surface area contributed by atoms with Crippen LogP contribution in [-0.2, 0) is 32.1 Å². The van der Waals surface area contributed by atoms with E-state index in [0.717, 1.165) is 0 Å². The Morgan fingerprint density at radius 1 is 1.15 bits per heavy atom. The lowest BCUT2D eigenvalue weighted by atomic mass is 9.42. The lowest BCUT2D eigenvalue weighted by Gasteiger charge is -2.61. The number of Topliss-reactive ketones (excluding diaryl/α,β-unsaturated/α-hetero) is 4. The molecule has 1 amide bonds. The number of phenolic OH excluding ortho intramolecular Hbond substituents is 1. The fourth-order valence-electron chi connectivity index (χ4n) is 6.92. The number of primary amides is 1. The minimum atomic E-state index is -2.80. The van der Waals surface area contributed by atoms with Crippen LogP contribution in [0.2, 0.25) is 0 Å². The maximum Gasteiger partial charge on any atom is 0.235 e. The number of benzene rings is 1. The Hall–Kier alpha value is -2.95. The first-order valence-electron chi connectivity index (χ1n) is 11.1. The van der Waals surface area contributed by atoms with Crippen LogP contribution in [0.4, 0.5) is 0 Å². The van der Waals surface area contributed by atoms with Crippen LogP contribution in [0.1, 0.15) is 41.8 Å². The molecule has 1 aromatic rings. The topological polar surface area (TPSA) is 181 Å². The van der Waals surface area contributed by atoms with Gasteiger partial charge in [-0.05, 0) is 37.9 Å². The molecule has 6 N–H and O–H groups in total. The minimum Gasteiger partial charge on any atom is -0.507 e. The summed E-state index contributed by atoms with van der Waals surface area (Å²) in [7, 11) is 3.10. The van der Waals surface area contributed by atoms with Gasteiger partial charge in [0.15, 0.2) is 34.7 Å². The molecule has 0 bridgehead atoms. The summed E-state index contributed by atoms with van der Waals surface area (Å²) >= 11 is 0. The number of hydrogen-bond acceptors (Lipinski definition) is 9. The van der Waals surface area contributed by atoms with Gasteiger partial charge in [0, 0.05) is 17.5 Å². The van der Waals surface area contributed by atoms with Crippen LogP contribution >= 0.6 is 0 Å². The molecule has 1 aromatic carbocycles. The number of carbonyl (C=O) groups excluding carboxylic acids is 5. The third-order valence-electron chi connectivity index (χ3n) is 8.16. The van der Waals surface area contributed by atoms with Crippen LogP contribution in [0.3, 0.4) is 0 Å². The Labute approximate surface area is 196 Å². The number of hydrogen-bond donors (Lipinski definition) is 4. The third-order valence-corrected chi connectivity index (χ3v) is 8.16. The van der Waals surface area contributed by atoms with E-state index < -0.39 is 63.3 Å². The summed E-state index contributed by atoms with van der Waals surface area (Å²) in [4.78, 5) is 67.9. The molecule has 2 saturated carbocycles. The van der Waals surface area contributed by atoms with Gasteiger partial charge in [-0.3, -0.25) is 28.9 Å². The second-order valence-electron chi connectivity index (χ2n) is 10.6. The van der Waals surface area contributed by atoms with E-state index in [1.165, 1.54) is 11.8 Å². The number of rotatable bonds is 3. The number of fused-ring (bicyclic) bond motifs is 3. The number of aliphatic hydroxyl groups is 1. The highest BCUT2D eigenvalue weighted by Gasteiger charge is 2.76. The van der Waals surface area contributed by atoms with Crippen LogP contribution in [0, 0.1) is 22.7 Å². The first-order valence-corrected chi connectivity index (χ1v) is 11.1. The van der Waals surface area contributed by atoms with Gasteiger partial charge in [0.25, 0.3) is 0 Å². The number of carbonyl (C=O) groups is 5. The zero-order valence-electron chi connectivity index (χ0n) is 19.5. The van der Waals surface area contributed by atoms with E-state index in [9.17, 15) is 34.2 Å². The van der Waals surface area contributed by atoms with E-state index >= 15 is 0 Å². The zero-order chi connectivity index (χ0) is 25.5. The van der Waals surface area contributed by atoms with Crippen LogP contribution in [-0.4, -0.2) is 69.9 Å². The second-order valence-corrected chi connectivity index (χ2v) is 10.6. The molecule has 0 radical (unpaired) electrons. The number of phenols is 1. The molecule has 182 valence electrons. The average Bonchev–Trinajstić information content (AvgIpc) is 2.70. The summed E-state index contributed by atoms with van der Waals surface area (Å²) < 4.78 is 0. The Kier molecular flexibility index (Phi) is 5.17. The van der Waals surface area contributed by atoms with Crippen molar-refractivity contribution in [1.82, 2.24) is 4.90 Å². The highest BCUT2D eigenvalue weighted by molar-refractivity contribution is 6.33. The molecule has 3 aliphatic rings. The molecular weight excluding hydrogens is 442 g/mol. The maximum absolute atomic E-state index is 14.0. The molecule has 2 fully saturated rings. The first-order chi connectivity index (χ1) is 15.7. The van der Waals surface area contributed by atoms with E-state index in [2.05, 4.69) is 0 Å². The Bertz CT molecular complexity index is 1180. The van der Waals surface area contributed by atoms with Crippen molar-refractivity contribution in [3.8, 4) is 5.75 Å². The van der Waals surface area contributed by atoms with Crippen molar-refractivity contribution >= 4 is 29.0 Å². The Balaban J connectivity index is 1.97. The van der Waals surface area contributed by atoms with E-state index in [0.29, 0.717) is 11.1 Å². The van der Waals surface area contributed by atoms with E-state index in [1.807, 2.05) is 0 Å². The highest BCUT2D eigenvalue weighted by atomic mass is 16.3. The number of aromatic hydroxyl groups is 1. The highest BCUT2D eigenvalue weighted by Crippen LogP contribution is 2.61. The quantitative estimate of drug-likeness (QED) is 0.406. The van der Waals surface area contributed by atoms with Gasteiger partial charge >= 0.3 is 0 Å². The monoisotopic (exact) mass is 471 g/mol. The molecule has 6 atom stereocenters. The number of ketones is 4. The van der Waals surface area contributed by atoms with Crippen molar-refractivity contribution in [3.05, 3.63) is 28.8 Å². The van der Waals surface area contributed by atoms with E-state index in [4.69, 9.17) is 11.5 Å². The van der Waals surface area contributed by atoms with E-state index in [-0.39, 0.29) is 30.7 Å². The Morgan fingerprint density at radius 3 is 2.29 bits per heavy atom. The molecule has 0 saturated heterocycles. The van der Waals surface area contributed by atoms with Gasteiger partial charge in [-0.25, -0.2) is 0 Å². The van der Waals surface area contributed by atoms with Crippen LogP contribution in [0.5, 0.6) is 5.75 Å². The normalized spacial score (nSPS) is 37.3. The molecule has 34 heavy (non-hydrogen) atoms. The molecule has 0 aliphatic heterocycles. The average molecular weight is 472 g/mol. The summed E-state index contributed by atoms with van der Waals surface area (Å²) in [6.07, 6.45) is 0.152. The number of likely N-dealkylation sites (N-methyl/N-ethyl adjacent to an activating group) is 1. The third kappa shape index (κ3) is 2.70. The first kappa shape index (κ1) is 24.2. The van der Waals surface area contributed by atoms with Gasteiger partial charge < -0.3 is 21.7 Å². The van der Waals surface area contributed by atoms with Crippen LogP contribution in [0.15, 0.2) is 12.1 Å². The summed E-state index contributed by atoms with van der Waals surface area (Å²) in [6.45, 7) is 3.14. The summed E-state index contributed by atoms with van der Waals surface area (Å²) in [5.41, 5.74) is 6.30. The van der Waals surface area contributed by atoms with Crippen molar-refractivity contribution in [3.63, 3.8) is 0 Å². The molecular formula is C24H29N3O7. The standard InChI is InChI=1S/C24H29N3O7/c1-22-7-10-5-6-11(8-25)15(28)12(10)16(29)14(22)20(32)24(34)19(31)13(21(26)33)17(30)18(27(3)4)23(24,2)9-22/h5-6,13-14,18,28,34H,7-9,25H2,1-4H3,(H2,26,33)/t13?,14?,18-,22+,23+,24-/m1/s1. The fraction of sp³-hybridized carbons (Fsp3) is 0.542. The number of nitrogens with two attached hydrogens (primary N) is 2. The van der Waals surface area contributed by atoms with Gasteiger partial charge in [-0.15, -0.1) is 0 Å². The van der Waals surface area contributed by atoms with Gasteiger partial charge in [-0.2, -0.15) is 0 Å². The number of amides is 1. The van der Waals surface area contributed by atoms with Crippen molar-refractivity contribution < 1.29 is 34.2 Å². The molecule has 0 heterocycles. The predicted octanol–water partition coefficient (Wildman–Crippen LogP) is -0.894. The van der Waals surface area contributed by atoms with Crippen LogP contribution < -0.4 is 11.5 Å². The molecule has 4 rings (SSSR count). The van der Waals surface area contributed by atoms with Crippen molar-refractivity contribution in [2.75, 3.05) is 14.1 Å². The molecule has 0 spiro atoms. The van der Waals surface area contributed by atoms with Crippen molar-refractivity contribution in [2.24, 2.45) is 34.1 Å². The van der Waals surface area contributed by atoms with Gasteiger partial charge in [0.1, 0.15) is 5.75 Å². The molecule has 2 unspecified atom stereocenters. The predicted molar refractivity (Wildman–Crippen MR) is 118 cm³/mol. The SMILES string of the molecule is CN(C)[C@@H]1C(=O)C(C(N)=O)C(=O)[C@@]2(O)C(=O)C3C(=O)c4c(ccc(CN)c4O)C[C@@]3(C)C[C@@]12C. The smallest absolute Gasteiger partial charge is 0.235 e. The van der Waals surface area contributed by atoms with Crippen LogP contribution in [0.25, 0.3) is 0 Å². The molecule has 10 nitrogen and oxygen atoms in total. The molecule has 10 heteroatoms. The lowest BCUT2D eigenvalue weighted by molar-refractivity contribution is -0.203. The van der Waals surface area contributed by atoms with Crippen molar-refractivity contribution in [1.29, 1.82) is 0 Å². The van der Waals surface area contributed by atoms with E-state index in [1.54, 1.807) is 33.2 Å². The Morgan fingerprint density at radius 2 is 1.76 bits per heavy atom. The lowest BCUT2D eigenvalue weighted by Crippen LogP contribution is -2.79. The van der Waals surface area contributed by atoms with Gasteiger partial charge in [-0.1, -0.05) is 26.0 Å². The summed E-state index contributed by atoms with van der Waals surface area (Å²) in [5, 5.41) is 22.5. The number of nitrogens with zero attached hydrogens (tertiary/aromatic N) is 1. The zero-order valence-corrected chi connectivity index (χ0v) is 19.5. The summed E-state index contributed by atoms with van der Waals surface area (Å²) in [5.74, 6) is -8.94. The van der Waals surface area contributed by atoms with Gasteiger partial charge in [0.2, 0.25) is 5.91 Å².